The van der Waals surface area contributed by atoms with Crippen molar-refractivity contribution >= 4 is 17.7 Å². The number of amides is 1. The molecule has 0 aromatic rings. The van der Waals surface area contributed by atoms with E-state index in [1.54, 1.807) is 11.8 Å². The van der Waals surface area contributed by atoms with E-state index in [0.29, 0.717) is 11.8 Å². The van der Waals surface area contributed by atoms with Crippen LogP contribution in [0.1, 0.15) is 32.6 Å². The Balaban J connectivity index is 1.90. The second-order valence-corrected chi connectivity index (χ2v) is 6.45. The van der Waals surface area contributed by atoms with Crippen LogP contribution in [0.4, 0.5) is 0 Å². The third-order valence-electron chi connectivity index (χ3n) is 4.20. The minimum absolute atomic E-state index is 0.193. The first-order chi connectivity index (χ1) is 8.12. The summed E-state index contributed by atoms with van der Waals surface area (Å²) in [6.07, 6.45) is 6.05. The lowest BCUT2D eigenvalue weighted by atomic mass is 9.95. The highest BCUT2D eigenvalue weighted by molar-refractivity contribution is 8.00. The second-order valence-electron chi connectivity index (χ2n) is 5.26. The maximum absolute atomic E-state index is 12.2. The molecule has 0 spiro atoms. The van der Waals surface area contributed by atoms with Gasteiger partial charge < -0.3 is 4.90 Å². The number of likely N-dealkylation sites (tertiary alicyclic amines) is 1. The van der Waals surface area contributed by atoms with Crippen molar-refractivity contribution in [2.45, 2.75) is 37.4 Å². The lowest BCUT2D eigenvalue weighted by Crippen LogP contribution is -2.46. The highest BCUT2D eigenvalue weighted by Crippen LogP contribution is 2.39. The van der Waals surface area contributed by atoms with E-state index >= 15 is 0 Å². The van der Waals surface area contributed by atoms with E-state index in [0.717, 1.165) is 25.9 Å². The predicted molar refractivity (Wildman–Crippen MR) is 69.6 cm³/mol. The third-order valence-corrected chi connectivity index (χ3v) is 5.48. The van der Waals surface area contributed by atoms with E-state index in [2.05, 4.69) is 13.0 Å². The SMILES string of the molecule is CSC1(C#N)CCN(C(=O)C(C)C2CC2)CC1. The fraction of sp³-hybridized carbons (Fsp3) is 0.846. The van der Waals surface area contributed by atoms with Crippen molar-refractivity contribution in [1.82, 2.24) is 4.90 Å². The quantitative estimate of drug-likeness (QED) is 0.774. The molecule has 2 fully saturated rings. The molecule has 1 aliphatic heterocycles. The average Bonchev–Trinajstić information content (AvgIpc) is 3.21. The largest absolute Gasteiger partial charge is 0.342 e. The number of thioether (sulfide) groups is 1. The van der Waals surface area contributed by atoms with E-state index < -0.39 is 0 Å². The molecule has 1 heterocycles. The summed E-state index contributed by atoms with van der Waals surface area (Å²) in [6, 6.07) is 2.42. The molecule has 0 N–H and O–H groups in total. The van der Waals surface area contributed by atoms with Crippen LogP contribution in [-0.4, -0.2) is 34.9 Å². The van der Waals surface area contributed by atoms with Crippen molar-refractivity contribution in [2.24, 2.45) is 11.8 Å². The van der Waals surface area contributed by atoms with Crippen LogP contribution < -0.4 is 0 Å². The summed E-state index contributed by atoms with van der Waals surface area (Å²) in [5.74, 6) is 1.13. The molecule has 2 rings (SSSR count). The zero-order chi connectivity index (χ0) is 12.5. The number of piperidine rings is 1. The van der Waals surface area contributed by atoms with Crippen molar-refractivity contribution in [3.05, 3.63) is 0 Å². The molecule has 1 unspecified atom stereocenters. The van der Waals surface area contributed by atoms with Gasteiger partial charge in [0.25, 0.3) is 0 Å². The molecule has 94 valence electrons. The molecular formula is C13H20N2OS. The van der Waals surface area contributed by atoms with Gasteiger partial charge in [-0.05, 0) is 37.9 Å². The van der Waals surface area contributed by atoms with Gasteiger partial charge in [-0.3, -0.25) is 4.79 Å². The van der Waals surface area contributed by atoms with E-state index in [-0.39, 0.29) is 10.7 Å². The molecule has 4 heteroatoms. The van der Waals surface area contributed by atoms with Gasteiger partial charge >= 0.3 is 0 Å². The summed E-state index contributed by atoms with van der Waals surface area (Å²) < 4.78 is -0.250. The molecule has 1 aliphatic carbocycles. The van der Waals surface area contributed by atoms with Gasteiger partial charge in [-0.1, -0.05) is 6.92 Å². The first-order valence-electron chi connectivity index (χ1n) is 6.37. The second kappa shape index (κ2) is 4.89. The van der Waals surface area contributed by atoms with Crippen molar-refractivity contribution in [3.8, 4) is 6.07 Å². The van der Waals surface area contributed by atoms with Crippen molar-refractivity contribution in [3.63, 3.8) is 0 Å². The zero-order valence-corrected chi connectivity index (χ0v) is 11.4. The maximum atomic E-state index is 12.2. The first kappa shape index (κ1) is 12.8. The Morgan fingerprint density at radius 1 is 1.47 bits per heavy atom. The number of carbonyl (C=O) groups is 1. The molecule has 1 amide bonds. The average molecular weight is 252 g/mol. The molecule has 1 saturated carbocycles. The Morgan fingerprint density at radius 3 is 2.47 bits per heavy atom. The van der Waals surface area contributed by atoms with E-state index in [9.17, 15) is 10.1 Å². The minimum atomic E-state index is -0.250. The predicted octanol–water partition coefficient (Wildman–Crippen LogP) is 2.28. The zero-order valence-electron chi connectivity index (χ0n) is 10.6. The van der Waals surface area contributed by atoms with Crippen LogP contribution >= 0.6 is 11.8 Å². The molecule has 17 heavy (non-hydrogen) atoms. The van der Waals surface area contributed by atoms with Crippen LogP contribution in [0.15, 0.2) is 0 Å². The summed E-state index contributed by atoms with van der Waals surface area (Å²) in [4.78, 5) is 14.2. The Labute approximate surface area is 108 Å². The van der Waals surface area contributed by atoms with Crippen LogP contribution in [0.2, 0.25) is 0 Å². The number of nitriles is 1. The molecule has 0 radical (unpaired) electrons. The standard InChI is InChI=1S/C13H20N2OS/c1-10(11-3-4-11)12(16)15-7-5-13(9-14,17-2)6-8-15/h10-11H,3-8H2,1-2H3. The van der Waals surface area contributed by atoms with E-state index in [1.807, 2.05) is 11.2 Å². The summed E-state index contributed by atoms with van der Waals surface area (Å²) in [5, 5.41) is 9.20. The van der Waals surface area contributed by atoms with Crippen LogP contribution in [0.25, 0.3) is 0 Å². The molecular weight excluding hydrogens is 232 g/mol. The Hall–Kier alpha value is -0.690. The van der Waals surface area contributed by atoms with Crippen LogP contribution in [-0.2, 0) is 4.79 Å². The summed E-state index contributed by atoms with van der Waals surface area (Å²) >= 11 is 1.63. The van der Waals surface area contributed by atoms with Gasteiger partial charge in [0.1, 0.15) is 4.75 Å². The van der Waals surface area contributed by atoms with Crippen molar-refractivity contribution < 1.29 is 4.79 Å². The fourth-order valence-electron chi connectivity index (χ4n) is 2.54. The first-order valence-corrected chi connectivity index (χ1v) is 7.59. The molecule has 1 atom stereocenters. The lowest BCUT2D eigenvalue weighted by Gasteiger charge is -2.37. The fourth-order valence-corrected chi connectivity index (χ4v) is 3.22. The number of nitrogens with zero attached hydrogens (tertiary/aromatic N) is 2. The monoisotopic (exact) mass is 252 g/mol. The maximum Gasteiger partial charge on any atom is 0.225 e. The number of hydrogen-bond donors (Lipinski definition) is 0. The van der Waals surface area contributed by atoms with Crippen molar-refractivity contribution in [2.75, 3.05) is 19.3 Å². The summed E-state index contributed by atoms with van der Waals surface area (Å²) in [5.41, 5.74) is 0. The van der Waals surface area contributed by atoms with Crippen LogP contribution in [0.5, 0.6) is 0 Å². The molecule has 0 aromatic heterocycles. The van der Waals surface area contributed by atoms with Gasteiger partial charge in [0.05, 0.1) is 6.07 Å². The van der Waals surface area contributed by atoms with Crippen LogP contribution in [0, 0.1) is 23.2 Å². The van der Waals surface area contributed by atoms with Gasteiger partial charge in [0.15, 0.2) is 0 Å². The molecule has 0 aromatic carbocycles. The van der Waals surface area contributed by atoms with Gasteiger partial charge in [-0.15, -0.1) is 11.8 Å². The Kier molecular flexibility index (Phi) is 3.67. The van der Waals surface area contributed by atoms with Gasteiger partial charge in [0, 0.05) is 19.0 Å². The van der Waals surface area contributed by atoms with Gasteiger partial charge in [0.2, 0.25) is 5.91 Å². The number of carbonyl (C=O) groups excluding carboxylic acids is 1. The number of hydrogen-bond acceptors (Lipinski definition) is 3. The normalized spacial score (nSPS) is 25.1. The minimum Gasteiger partial charge on any atom is -0.342 e. The van der Waals surface area contributed by atoms with Gasteiger partial charge in [-0.25, -0.2) is 0 Å². The topological polar surface area (TPSA) is 44.1 Å². The molecule has 2 aliphatic rings. The lowest BCUT2D eigenvalue weighted by molar-refractivity contribution is -0.136. The molecule has 3 nitrogen and oxygen atoms in total. The van der Waals surface area contributed by atoms with E-state index in [1.165, 1.54) is 12.8 Å². The highest BCUT2D eigenvalue weighted by Gasteiger charge is 2.39. The Morgan fingerprint density at radius 2 is 2.06 bits per heavy atom. The molecule has 0 bridgehead atoms. The summed E-state index contributed by atoms with van der Waals surface area (Å²) in [6.45, 7) is 3.56. The third kappa shape index (κ3) is 2.60. The number of rotatable bonds is 3. The van der Waals surface area contributed by atoms with E-state index in [4.69, 9.17) is 0 Å². The van der Waals surface area contributed by atoms with Gasteiger partial charge in [-0.2, -0.15) is 5.26 Å². The highest BCUT2D eigenvalue weighted by atomic mass is 32.2. The van der Waals surface area contributed by atoms with Crippen LogP contribution in [0.3, 0.4) is 0 Å². The molecule has 1 saturated heterocycles. The smallest absolute Gasteiger partial charge is 0.225 e. The Bertz CT molecular complexity index is 338. The summed E-state index contributed by atoms with van der Waals surface area (Å²) in [7, 11) is 0. The van der Waals surface area contributed by atoms with Crippen molar-refractivity contribution in [1.29, 1.82) is 5.26 Å².